The van der Waals surface area contributed by atoms with Crippen LogP contribution in [0.2, 0.25) is 0 Å². The summed E-state index contributed by atoms with van der Waals surface area (Å²) in [5.74, 6) is 0.999. The van der Waals surface area contributed by atoms with Gasteiger partial charge in [0.2, 0.25) is 0 Å². The second-order valence-electron chi connectivity index (χ2n) is 4.16. The van der Waals surface area contributed by atoms with Crippen LogP contribution < -0.4 is 0 Å². The van der Waals surface area contributed by atoms with Gasteiger partial charge < -0.3 is 0 Å². The first-order valence-corrected chi connectivity index (χ1v) is 9.29. The molecule has 6 heteroatoms. The Morgan fingerprint density at radius 3 is 2.70 bits per heavy atom. The predicted molar refractivity (Wildman–Crippen MR) is 85.2 cm³/mol. The van der Waals surface area contributed by atoms with Crippen LogP contribution in [-0.4, -0.2) is 14.2 Å². The van der Waals surface area contributed by atoms with Crippen molar-refractivity contribution in [3.05, 3.63) is 58.0 Å². The molecular weight excluding hydrogens is 308 g/mol. The van der Waals surface area contributed by atoms with Crippen molar-refractivity contribution in [2.75, 3.05) is 0 Å². The highest BCUT2D eigenvalue weighted by Crippen LogP contribution is 2.24. The second kappa shape index (κ2) is 6.39. The van der Waals surface area contributed by atoms with Gasteiger partial charge in [0.15, 0.2) is 0 Å². The van der Waals surface area contributed by atoms with Gasteiger partial charge in [0, 0.05) is 33.3 Å². The minimum absolute atomic E-state index is 0.489. The summed E-state index contributed by atoms with van der Waals surface area (Å²) in [6, 6.07) is 10.1. The van der Waals surface area contributed by atoms with Crippen LogP contribution in [0.5, 0.6) is 0 Å². The highest BCUT2D eigenvalue weighted by Gasteiger charge is 2.09. The standard InChI is InChI=1S/C14H12N2OS3/c17-20(10-13-15-6-7-18-13)9-12-8-19-14(16-12)11-4-2-1-3-5-11/h1-8H,9-10H2/t20-/m1/s1. The van der Waals surface area contributed by atoms with Crippen LogP contribution in [0.15, 0.2) is 47.3 Å². The molecule has 0 aliphatic heterocycles. The number of rotatable bonds is 5. The van der Waals surface area contributed by atoms with E-state index in [1.807, 2.05) is 41.1 Å². The SMILES string of the molecule is O=[S@](Cc1csc(-c2ccccc2)n1)Cc1nccs1. The molecule has 0 aliphatic rings. The van der Waals surface area contributed by atoms with E-state index in [1.54, 1.807) is 28.9 Å². The molecule has 2 heterocycles. The predicted octanol–water partition coefficient (Wildman–Crippen LogP) is 3.72. The van der Waals surface area contributed by atoms with Gasteiger partial charge in [-0.05, 0) is 0 Å². The smallest absolute Gasteiger partial charge is 0.123 e. The Bertz CT molecular complexity index is 692. The normalized spacial score (nSPS) is 12.4. The van der Waals surface area contributed by atoms with E-state index in [0.717, 1.165) is 21.3 Å². The third-order valence-corrected chi connectivity index (χ3v) is 5.76. The highest BCUT2D eigenvalue weighted by atomic mass is 32.2. The Hall–Kier alpha value is -1.37. The van der Waals surface area contributed by atoms with Crippen molar-refractivity contribution in [3.8, 4) is 10.6 Å². The number of thiazole rings is 2. The third kappa shape index (κ3) is 3.39. The van der Waals surface area contributed by atoms with Gasteiger partial charge in [0.25, 0.3) is 0 Å². The Morgan fingerprint density at radius 2 is 1.95 bits per heavy atom. The van der Waals surface area contributed by atoms with E-state index in [0.29, 0.717) is 11.5 Å². The number of aromatic nitrogens is 2. The van der Waals surface area contributed by atoms with Gasteiger partial charge in [0.05, 0.1) is 17.2 Å². The summed E-state index contributed by atoms with van der Waals surface area (Å²) in [6.45, 7) is 0. The molecule has 3 rings (SSSR count). The summed E-state index contributed by atoms with van der Waals surface area (Å²) >= 11 is 3.14. The van der Waals surface area contributed by atoms with Crippen LogP contribution in [-0.2, 0) is 22.3 Å². The van der Waals surface area contributed by atoms with Crippen LogP contribution >= 0.6 is 22.7 Å². The topological polar surface area (TPSA) is 42.9 Å². The molecule has 0 spiro atoms. The summed E-state index contributed by atoms with van der Waals surface area (Å²) in [5, 5.41) is 5.79. The quantitative estimate of drug-likeness (QED) is 0.719. The fraction of sp³-hybridized carbons (Fsp3) is 0.143. The van der Waals surface area contributed by atoms with Crippen molar-refractivity contribution >= 4 is 33.5 Å². The minimum Gasteiger partial charge on any atom is -0.259 e. The van der Waals surface area contributed by atoms with Gasteiger partial charge in [-0.15, -0.1) is 22.7 Å². The van der Waals surface area contributed by atoms with E-state index in [1.165, 1.54) is 0 Å². The Balaban J connectivity index is 1.67. The molecule has 20 heavy (non-hydrogen) atoms. The molecular formula is C14H12N2OS3. The summed E-state index contributed by atoms with van der Waals surface area (Å²) in [7, 11) is -0.951. The Labute approximate surface area is 127 Å². The maximum absolute atomic E-state index is 12.1. The second-order valence-corrected chi connectivity index (χ2v) is 7.46. The maximum atomic E-state index is 12.1. The van der Waals surface area contributed by atoms with E-state index in [4.69, 9.17) is 0 Å². The molecule has 0 fully saturated rings. The van der Waals surface area contributed by atoms with Crippen LogP contribution in [0.1, 0.15) is 10.7 Å². The van der Waals surface area contributed by atoms with E-state index in [9.17, 15) is 4.21 Å². The molecule has 1 atom stereocenters. The fourth-order valence-electron chi connectivity index (χ4n) is 1.76. The number of benzene rings is 1. The van der Waals surface area contributed by atoms with Crippen LogP contribution in [0.25, 0.3) is 10.6 Å². The summed E-state index contributed by atoms with van der Waals surface area (Å²) in [4.78, 5) is 8.72. The van der Waals surface area contributed by atoms with Crippen molar-refractivity contribution in [1.82, 2.24) is 9.97 Å². The third-order valence-electron chi connectivity index (χ3n) is 2.65. The van der Waals surface area contributed by atoms with E-state index in [2.05, 4.69) is 9.97 Å². The first kappa shape index (κ1) is 13.6. The van der Waals surface area contributed by atoms with Crippen molar-refractivity contribution in [2.45, 2.75) is 11.5 Å². The lowest BCUT2D eigenvalue weighted by atomic mass is 10.2. The Morgan fingerprint density at radius 1 is 1.10 bits per heavy atom. The highest BCUT2D eigenvalue weighted by molar-refractivity contribution is 7.83. The molecule has 0 radical (unpaired) electrons. The average molecular weight is 320 g/mol. The minimum atomic E-state index is -0.951. The lowest BCUT2D eigenvalue weighted by Gasteiger charge is -1.97. The molecule has 0 aliphatic carbocycles. The van der Waals surface area contributed by atoms with E-state index in [-0.39, 0.29) is 0 Å². The number of hydrogen-bond acceptors (Lipinski definition) is 5. The van der Waals surface area contributed by atoms with Crippen molar-refractivity contribution < 1.29 is 4.21 Å². The molecule has 102 valence electrons. The molecule has 0 bridgehead atoms. The molecule has 3 nitrogen and oxygen atoms in total. The molecule has 0 unspecified atom stereocenters. The molecule has 0 N–H and O–H groups in total. The van der Waals surface area contributed by atoms with Gasteiger partial charge in [-0.2, -0.15) is 0 Å². The van der Waals surface area contributed by atoms with Crippen molar-refractivity contribution in [3.63, 3.8) is 0 Å². The molecule has 1 aromatic carbocycles. The summed E-state index contributed by atoms with van der Waals surface area (Å²) in [6.07, 6.45) is 1.74. The van der Waals surface area contributed by atoms with Gasteiger partial charge >= 0.3 is 0 Å². The molecule has 0 saturated carbocycles. The van der Waals surface area contributed by atoms with Gasteiger partial charge in [-0.1, -0.05) is 30.3 Å². The zero-order valence-electron chi connectivity index (χ0n) is 10.6. The maximum Gasteiger partial charge on any atom is 0.123 e. The van der Waals surface area contributed by atoms with Crippen LogP contribution in [0.4, 0.5) is 0 Å². The largest absolute Gasteiger partial charge is 0.259 e. The van der Waals surface area contributed by atoms with Gasteiger partial charge in [0.1, 0.15) is 10.0 Å². The average Bonchev–Trinajstić information content (AvgIpc) is 3.11. The first-order chi connectivity index (χ1) is 9.81. The lowest BCUT2D eigenvalue weighted by molar-refractivity contribution is 0.681. The molecule has 2 aromatic heterocycles. The number of nitrogens with zero attached hydrogens (tertiary/aromatic N) is 2. The summed E-state index contributed by atoms with van der Waals surface area (Å²) in [5.41, 5.74) is 2.00. The van der Waals surface area contributed by atoms with Crippen molar-refractivity contribution in [2.24, 2.45) is 0 Å². The molecule has 0 saturated heterocycles. The van der Waals surface area contributed by atoms with Gasteiger partial charge in [-0.3, -0.25) is 4.21 Å². The summed E-state index contributed by atoms with van der Waals surface area (Å²) < 4.78 is 12.1. The number of hydrogen-bond donors (Lipinski definition) is 0. The zero-order chi connectivity index (χ0) is 13.8. The monoisotopic (exact) mass is 320 g/mol. The van der Waals surface area contributed by atoms with Crippen LogP contribution in [0.3, 0.4) is 0 Å². The molecule has 3 aromatic rings. The van der Waals surface area contributed by atoms with E-state index >= 15 is 0 Å². The molecule has 0 amide bonds. The van der Waals surface area contributed by atoms with Gasteiger partial charge in [-0.25, -0.2) is 9.97 Å². The lowest BCUT2D eigenvalue weighted by Crippen LogP contribution is -1.99. The zero-order valence-corrected chi connectivity index (χ0v) is 13.0. The van der Waals surface area contributed by atoms with E-state index < -0.39 is 10.8 Å². The van der Waals surface area contributed by atoms with Crippen molar-refractivity contribution in [1.29, 1.82) is 0 Å². The Kier molecular flexibility index (Phi) is 4.34. The fourth-order valence-corrected chi connectivity index (χ4v) is 4.69. The first-order valence-electron chi connectivity index (χ1n) is 6.04. The van der Waals surface area contributed by atoms with Crippen LogP contribution in [0, 0.1) is 0 Å².